The molecule has 1 fully saturated rings. The van der Waals surface area contributed by atoms with Crippen LogP contribution in [-0.2, 0) is 16.0 Å². The number of nitrogens with zero attached hydrogens (tertiary/aromatic N) is 2. The van der Waals surface area contributed by atoms with E-state index in [4.69, 9.17) is 5.73 Å². The molecule has 1 atom stereocenters. The summed E-state index contributed by atoms with van der Waals surface area (Å²) >= 11 is 0. The van der Waals surface area contributed by atoms with Crippen LogP contribution in [0.4, 0.5) is 17.2 Å². The van der Waals surface area contributed by atoms with Crippen LogP contribution in [0, 0.1) is 0 Å². The number of ketones is 1. The third kappa shape index (κ3) is 3.43. The fourth-order valence-corrected chi connectivity index (χ4v) is 4.55. The summed E-state index contributed by atoms with van der Waals surface area (Å²) in [6.45, 7) is 0. The van der Waals surface area contributed by atoms with Gasteiger partial charge in [-0.2, -0.15) is 0 Å². The number of aromatic amines is 1. The Morgan fingerprint density at radius 1 is 1.12 bits per heavy atom. The summed E-state index contributed by atoms with van der Waals surface area (Å²) in [4.78, 5) is 46.3. The standard InChI is InChI=1S/C24H23N5O3/c25-24(32)17-9-10-20(31)29(17)19-13-14(11-12-26-19)22-23(27-15-5-2-1-3-6-15)21-16(28-22)7-4-8-18(21)30/h1-3,5-6,11-13,17,27-28H,4,7-10H2,(H2,25,32)/t17-/m1/s1. The van der Waals surface area contributed by atoms with E-state index >= 15 is 0 Å². The molecule has 2 aliphatic rings. The van der Waals surface area contributed by atoms with Crippen molar-refractivity contribution in [2.24, 2.45) is 5.73 Å². The van der Waals surface area contributed by atoms with E-state index in [0.717, 1.165) is 35.5 Å². The number of amides is 2. The first-order valence-electron chi connectivity index (χ1n) is 10.7. The maximum absolute atomic E-state index is 12.8. The summed E-state index contributed by atoms with van der Waals surface area (Å²) in [5.41, 5.74) is 10.2. The molecule has 0 radical (unpaired) electrons. The monoisotopic (exact) mass is 429 g/mol. The van der Waals surface area contributed by atoms with Crippen molar-refractivity contribution in [2.75, 3.05) is 10.2 Å². The first-order chi connectivity index (χ1) is 15.5. The van der Waals surface area contributed by atoms with Gasteiger partial charge in [0.25, 0.3) is 0 Å². The molecule has 3 heterocycles. The van der Waals surface area contributed by atoms with Gasteiger partial charge in [0.2, 0.25) is 11.8 Å². The van der Waals surface area contributed by atoms with E-state index in [-0.39, 0.29) is 18.1 Å². The summed E-state index contributed by atoms with van der Waals surface area (Å²) in [6.07, 6.45) is 4.34. The highest BCUT2D eigenvalue weighted by atomic mass is 16.2. The average Bonchev–Trinajstić information content (AvgIpc) is 3.36. The van der Waals surface area contributed by atoms with Gasteiger partial charge in [0, 0.05) is 36.0 Å². The maximum atomic E-state index is 12.8. The van der Waals surface area contributed by atoms with Crippen LogP contribution in [-0.4, -0.2) is 33.6 Å². The lowest BCUT2D eigenvalue weighted by molar-refractivity contribution is -0.121. The number of H-pyrrole nitrogens is 1. The van der Waals surface area contributed by atoms with E-state index in [1.807, 2.05) is 36.4 Å². The fourth-order valence-electron chi connectivity index (χ4n) is 4.55. The number of nitrogens with two attached hydrogens (primary N) is 1. The van der Waals surface area contributed by atoms with Gasteiger partial charge >= 0.3 is 0 Å². The van der Waals surface area contributed by atoms with Crippen molar-refractivity contribution in [1.29, 1.82) is 0 Å². The molecule has 2 aromatic heterocycles. The predicted molar refractivity (Wildman–Crippen MR) is 121 cm³/mol. The van der Waals surface area contributed by atoms with E-state index in [2.05, 4.69) is 15.3 Å². The van der Waals surface area contributed by atoms with Crippen molar-refractivity contribution in [3.63, 3.8) is 0 Å². The lowest BCUT2D eigenvalue weighted by Gasteiger charge is -2.21. The number of rotatable bonds is 5. The van der Waals surface area contributed by atoms with Crippen molar-refractivity contribution < 1.29 is 14.4 Å². The molecule has 5 rings (SSSR count). The number of hydrogen-bond acceptors (Lipinski definition) is 5. The van der Waals surface area contributed by atoms with Crippen LogP contribution in [0.2, 0.25) is 0 Å². The maximum Gasteiger partial charge on any atom is 0.240 e. The Morgan fingerprint density at radius 3 is 2.72 bits per heavy atom. The Morgan fingerprint density at radius 2 is 1.94 bits per heavy atom. The number of fused-ring (bicyclic) bond motifs is 1. The Kier molecular flexibility index (Phi) is 4.97. The number of aryl methyl sites for hydroxylation is 1. The van der Waals surface area contributed by atoms with Crippen molar-refractivity contribution in [3.05, 3.63) is 59.9 Å². The molecule has 8 nitrogen and oxygen atoms in total. The molecule has 0 unspecified atom stereocenters. The van der Waals surface area contributed by atoms with Gasteiger partial charge in [0.1, 0.15) is 11.9 Å². The number of anilines is 3. The zero-order valence-electron chi connectivity index (χ0n) is 17.4. The fraction of sp³-hybridized carbons (Fsp3) is 0.250. The number of hydrogen-bond donors (Lipinski definition) is 3. The Labute approximate surface area is 184 Å². The highest BCUT2D eigenvalue weighted by Crippen LogP contribution is 2.39. The second-order valence-electron chi connectivity index (χ2n) is 8.12. The van der Waals surface area contributed by atoms with Gasteiger partial charge in [-0.3, -0.25) is 19.3 Å². The topological polar surface area (TPSA) is 121 Å². The second-order valence-corrected chi connectivity index (χ2v) is 8.12. The molecule has 8 heteroatoms. The molecule has 1 aliphatic heterocycles. The van der Waals surface area contributed by atoms with Gasteiger partial charge < -0.3 is 16.0 Å². The third-order valence-corrected chi connectivity index (χ3v) is 6.05. The smallest absolute Gasteiger partial charge is 0.240 e. The minimum absolute atomic E-state index is 0.102. The molecule has 0 bridgehead atoms. The van der Waals surface area contributed by atoms with Crippen LogP contribution in [0.15, 0.2) is 48.7 Å². The first kappa shape index (κ1) is 20.0. The van der Waals surface area contributed by atoms with Gasteiger partial charge in [0.15, 0.2) is 5.78 Å². The zero-order chi connectivity index (χ0) is 22.2. The molecule has 0 saturated carbocycles. The molecular weight excluding hydrogens is 406 g/mol. The van der Waals surface area contributed by atoms with E-state index in [9.17, 15) is 14.4 Å². The molecule has 0 spiro atoms. The van der Waals surface area contributed by atoms with Crippen LogP contribution < -0.4 is 16.0 Å². The van der Waals surface area contributed by atoms with Crippen LogP contribution in [0.1, 0.15) is 41.7 Å². The second kappa shape index (κ2) is 7.96. The Hall–Kier alpha value is -3.94. The summed E-state index contributed by atoms with van der Waals surface area (Å²) in [7, 11) is 0. The molecule has 162 valence electrons. The Balaban J connectivity index is 1.61. The third-order valence-electron chi connectivity index (χ3n) is 6.05. The number of primary amides is 1. The molecule has 2 amide bonds. The summed E-state index contributed by atoms with van der Waals surface area (Å²) in [5, 5.41) is 3.41. The van der Waals surface area contributed by atoms with E-state index < -0.39 is 11.9 Å². The van der Waals surface area contributed by atoms with E-state index in [1.54, 1.807) is 12.3 Å². The number of pyridine rings is 1. The number of benzene rings is 1. The molecule has 1 saturated heterocycles. The van der Waals surface area contributed by atoms with Gasteiger partial charge in [-0.1, -0.05) is 18.2 Å². The quantitative estimate of drug-likeness (QED) is 0.574. The van der Waals surface area contributed by atoms with Crippen LogP contribution in [0.25, 0.3) is 11.3 Å². The molecule has 3 aromatic rings. The largest absolute Gasteiger partial charge is 0.368 e. The number of para-hydroxylation sites is 1. The van der Waals surface area contributed by atoms with E-state index in [1.165, 1.54) is 4.90 Å². The van der Waals surface area contributed by atoms with Crippen molar-refractivity contribution in [2.45, 2.75) is 38.1 Å². The van der Waals surface area contributed by atoms with Gasteiger partial charge in [-0.05, 0) is 43.5 Å². The zero-order valence-corrected chi connectivity index (χ0v) is 17.4. The number of aromatic nitrogens is 2. The van der Waals surface area contributed by atoms with Crippen molar-refractivity contribution in [1.82, 2.24) is 9.97 Å². The summed E-state index contributed by atoms with van der Waals surface area (Å²) in [5.74, 6) is -0.249. The Bertz CT molecular complexity index is 1220. The van der Waals surface area contributed by atoms with Gasteiger partial charge in [-0.15, -0.1) is 0 Å². The molecular formula is C24H23N5O3. The minimum Gasteiger partial charge on any atom is -0.368 e. The number of nitrogens with one attached hydrogen (secondary N) is 2. The summed E-state index contributed by atoms with van der Waals surface area (Å²) in [6, 6.07) is 12.5. The summed E-state index contributed by atoms with van der Waals surface area (Å²) < 4.78 is 0. The number of carbonyl (C=O) groups excluding carboxylic acids is 3. The first-order valence-corrected chi connectivity index (χ1v) is 10.7. The number of carbonyl (C=O) groups is 3. The van der Waals surface area contributed by atoms with Crippen LogP contribution in [0.5, 0.6) is 0 Å². The van der Waals surface area contributed by atoms with Crippen molar-refractivity contribution in [3.8, 4) is 11.3 Å². The lowest BCUT2D eigenvalue weighted by atomic mass is 9.95. The van der Waals surface area contributed by atoms with Gasteiger partial charge in [-0.25, -0.2) is 4.98 Å². The lowest BCUT2D eigenvalue weighted by Crippen LogP contribution is -2.42. The SMILES string of the molecule is NC(=O)[C@H]1CCC(=O)N1c1cc(-c2[nH]c3c(c2Nc2ccccc2)C(=O)CCC3)ccn1. The highest BCUT2D eigenvalue weighted by molar-refractivity contribution is 6.08. The number of Topliss-reactive ketones (excluding diaryl/α,β-unsaturated/α-hetero) is 1. The van der Waals surface area contributed by atoms with Crippen LogP contribution in [0.3, 0.4) is 0 Å². The molecule has 4 N–H and O–H groups in total. The highest BCUT2D eigenvalue weighted by Gasteiger charge is 2.37. The van der Waals surface area contributed by atoms with E-state index in [0.29, 0.717) is 29.9 Å². The average molecular weight is 429 g/mol. The molecule has 1 aliphatic carbocycles. The van der Waals surface area contributed by atoms with Crippen molar-refractivity contribution >= 4 is 34.8 Å². The van der Waals surface area contributed by atoms with Crippen LogP contribution >= 0.6 is 0 Å². The molecule has 32 heavy (non-hydrogen) atoms. The van der Waals surface area contributed by atoms with Gasteiger partial charge in [0.05, 0.1) is 16.9 Å². The molecule has 1 aromatic carbocycles. The normalized spacial score (nSPS) is 18.0. The minimum atomic E-state index is -0.703. The predicted octanol–water partition coefficient (Wildman–Crippen LogP) is 3.32.